The number of aryl methyl sites for hydroxylation is 1. The van der Waals surface area contributed by atoms with Gasteiger partial charge in [0.05, 0.1) is 0 Å². The summed E-state index contributed by atoms with van der Waals surface area (Å²) >= 11 is 0. The maximum absolute atomic E-state index is 10.4. The van der Waals surface area contributed by atoms with E-state index in [2.05, 4.69) is 0 Å². The van der Waals surface area contributed by atoms with Crippen LogP contribution in [0.15, 0.2) is 12.1 Å². The molecule has 58 valence electrons. The van der Waals surface area contributed by atoms with Crippen molar-refractivity contribution >= 4 is 6.29 Å². The van der Waals surface area contributed by atoms with Gasteiger partial charge in [0.25, 0.3) is 0 Å². The molecule has 0 saturated heterocycles. The fourth-order valence-electron chi connectivity index (χ4n) is 0.979. The van der Waals surface area contributed by atoms with Crippen molar-refractivity contribution in [2.24, 2.45) is 0 Å². The zero-order valence-electron chi connectivity index (χ0n) is 6.59. The number of aldehydes is 1. The molecule has 0 spiro atoms. The van der Waals surface area contributed by atoms with Gasteiger partial charge in [0.2, 0.25) is 0 Å². The smallest absolute Gasteiger partial charge is 0.150 e. The molecule has 0 saturated carbocycles. The van der Waals surface area contributed by atoms with Gasteiger partial charge in [0, 0.05) is 11.1 Å². The molecule has 0 aliphatic rings. The lowest BCUT2D eigenvalue weighted by atomic mass is 10.1. The second kappa shape index (κ2) is 2.74. The summed E-state index contributed by atoms with van der Waals surface area (Å²) in [5.41, 5.74) is 2.00. The second-order valence-corrected chi connectivity index (χ2v) is 2.56. The van der Waals surface area contributed by atoms with Gasteiger partial charge < -0.3 is 5.11 Å². The van der Waals surface area contributed by atoms with Gasteiger partial charge in [-0.3, -0.25) is 4.79 Å². The van der Waals surface area contributed by atoms with Gasteiger partial charge in [-0.05, 0) is 19.4 Å². The van der Waals surface area contributed by atoms with Crippen LogP contribution in [-0.4, -0.2) is 11.4 Å². The molecule has 0 aromatic heterocycles. The zero-order chi connectivity index (χ0) is 8.43. The van der Waals surface area contributed by atoms with Crippen LogP contribution in [0.1, 0.15) is 21.5 Å². The van der Waals surface area contributed by atoms with Gasteiger partial charge in [-0.1, -0.05) is 12.1 Å². The summed E-state index contributed by atoms with van der Waals surface area (Å²) in [5.74, 6) is 0.217. The number of carbonyl (C=O) groups excluding carboxylic acids is 1. The summed E-state index contributed by atoms with van der Waals surface area (Å²) in [5, 5.41) is 9.36. The third kappa shape index (κ3) is 1.24. The Morgan fingerprint density at radius 2 is 2.00 bits per heavy atom. The maximum atomic E-state index is 10.4. The Balaban J connectivity index is 3.36. The van der Waals surface area contributed by atoms with Crippen molar-refractivity contribution < 1.29 is 9.90 Å². The van der Waals surface area contributed by atoms with Crippen LogP contribution in [0, 0.1) is 13.8 Å². The largest absolute Gasteiger partial charge is 0.507 e. The Hall–Kier alpha value is -1.31. The first-order chi connectivity index (χ1) is 5.16. The van der Waals surface area contributed by atoms with E-state index < -0.39 is 0 Å². The van der Waals surface area contributed by atoms with E-state index in [1.54, 1.807) is 26.0 Å². The predicted molar refractivity (Wildman–Crippen MR) is 43.0 cm³/mol. The first-order valence-electron chi connectivity index (χ1n) is 3.41. The van der Waals surface area contributed by atoms with Crippen LogP contribution in [0.3, 0.4) is 0 Å². The van der Waals surface area contributed by atoms with Gasteiger partial charge in [0.15, 0.2) is 0 Å². The molecule has 0 heterocycles. The Bertz CT molecular complexity index is 290. The lowest BCUT2D eigenvalue weighted by Gasteiger charge is -2.03. The summed E-state index contributed by atoms with van der Waals surface area (Å²) in [6.07, 6.45) is 0.745. The summed E-state index contributed by atoms with van der Waals surface area (Å²) in [6.45, 7) is 3.53. The number of hydrogen-bond acceptors (Lipinski definition) is 2. The van der Waals surface area contributed by atoms with Crippen molar-refractivity contribution in [1.29, 1.82) is 0 Å². The van der Waals surface area contributed by atoms with Gasteiger partial charge >= 0.3 is 0 Å². The molecule has 1 N–H and O–H groups in total. The minimum Gasteiger partial charge on any atom is -0.507 e. The van der Waals surface area contributed by atoms with Crippen molar-refractivity contribution in [3.05, 3.63) is 28.8 Å². The van der Waals surface area contributed by atoms with E-state index in [1.807, 2.05) is 0 Å². The molecular weight excluding hydrogens is 140 g/mol. The normalized spacial score (nSPS) is 9.64. The molecule has 0 aliphatic carbocycles. The third-order valence-corrected chi connectivity index (χ3v) is 1.80. The van der Waals surface area contributed by atoms with Gasteiger partial charge in [0.1, 0.15) is 12.0 Å². The Morgan fingerprint density at radius 3 is 2.55 bits per heavy atom. The summed E-state index contributed by atoms with van der Waals surface area (Å²) in [6, 6.07) is 3.43. The number of phenolic OH excluding ortho intramolecular Hbond substituents is 1. The van der Waals surface area contributed by atoms with Crippen LogP contribution < -0.4 is 0 Å². The molecule has 0 amide bonds. The second-order valence-electron chi connectivity index (χ2n) is 2.56. The van der Waals surface area contributed by atoms with Gasteiger partial charge in [-0.2, -0.15) is 0 Å². The lowest BCUT2D eigenvalue weighted by Crippen LogP contribution is -1.88. The van der Waals surface area contributed by atoms with Crippen LogP contribution in [0.5, 0.6) is 5.75 Å². The zero-order valence-corrected chi connectivity index (χ0v) is 6.59. The van der Waals surface area contributed by atoms with Crippen LogP contribution in [0.4, 0.5) is 0 Å². The number of rotatable bonds is 1. The van der Waals surface area contributed by atoms with Crippen molar-refractivity contribution in [3.63, 3.8) is 0 Å². The molecule has 11 heavy (non-hydrogen) atoms. The lowest BCUT2D eigenvalue weighted by molar-refractivity contribution is 0.112. The highest BCUT2D eigenvalue weighted by atomic mass is 16.3. The minimum absolute atomic E-state index is 0.217. The number of aromatic hydroxyl groups is 1. The van der Waals surface area contributed by atoms with E-state index in [0.717, 1.165) is 11.8 Å². The van der Waals surface area contributed by atoms with Crippen molar-refractivity contribution in [1.82, 2.24) is 0 Å². The summed E-state index contributed by atoms with van der Waals surface area (Å²) in [4.78, 5) is 10.4. The first kappa shape index (κ1) is 7.79. The number of phenols is 1. The van der Waals surface area contributed by atoms with E-state index in [9.17, 15) is 9.90 Å². The highest BCUT2D eigenvalue weighted by Crippen LogP contribution is 2.22. The van der Waals surface area contributed by atoms with E-state index in [0.29, 0.717) is 11.1 Å². The monoisotopic (exact) mass is 150 g/mol. The number of benzene rings is 1. The molecule has 2 heteroatoms. The average Bonchev–Trinajstić information content (AvgIpc) is 2.01. The van der Waals surface area contributed by atoms with E-state index >= 15 is 0 Å². The third-order valence-electron chi connectivity index (χ3n) is 1.80. The molecule has 0 aliphatic heterocycles. The van der Waals surface area contributed by atoms with E-state index in [1.165, 1.54) is 0 Å². The molecule has 1 aromatic rings. The van der Waals surface area contributed by atoms with Crippen LogP contribution in [0.25, 0.3) is 0 Å². The molecule has 0 unspecified atom stereocenters. The van der Waals surface area contributed by atoms with Crippen molar-refractivity contribution in [2.75, 3.05) is 0 Å². The van der Waals surface area contributed by atoms with Gasteiger partial charge in [-0.25, -0.2) is 0 Å². The molecule has 1 aromatic carbocycles. The Morgan fingerprint density at radius 1 is 1.36 bits per heavy atom. The number of carbonyl (C=O) groups is 1. The minimum atomic E-state index is 0.217. The summed E-state index contributed by atoms with van der Waals surface area (Å²) in [7, 11) is 0. The van der Waals surface area contributed by atoms with Crippen molar-refractivity contribution in [2.45, 2.75) is 13.8 Å². The SMILES string of the molecule is Cc1ccc(C=O)c(C)c1O. The fourth-order valence-corrected chi connectivity index (χ4v) is 0.979. The Labute approximate surface area is 65.5 Å². The molecule has 1 rings (SSSR count). The average molecular weight is 150 g/mol. The molecule has 2 nitrogen and oxygen atoms in total. The first-order valence-corrected chi connectivity index (χ1v) is 3.41. The highest BCUT2D eigenvalue weighted by Gasteiger charge is 2.03. The quantitative estimate of drug-likeness (QED) is 0.620. The highest BCUT2D eigenvalue weighted by molar-refractivity contribution is 5.78. The topological polar surface area (TPSA) is 37.3 Å². The molecular formula is C9H10O2. The van der Waals surface area contributed by atoms with Crippen LogP contribution in [-0.2, 0) is 0 Å². The molecule has 0 fully saturated rings. The molecule has 0 bridgehead atoms. The molecule has 0 radical (unpaired) electrons. The standard InChI is InChI=1S/C9H10O2/c1-6-3-4-8(5-10)7(2)9(6)11/h3-5,11H,1-2H3. The van der Waals surface area contributed by atoms with Crippen LogP contribution in [0.2, 0.25) is 0 Å². The predicted octanol–water partition coefficient (Wildman–Crippen LogP) is 1.82. The summed E-state index contributed by atoms with van der Waals surface area (Å²) < 4.78 is 0. The van der Waals surface area contributed by atoms with Gasteiger partial charge in [-0.15, -0.1) is 0 Å². The molecule has 0 atom stereocenters. The van der Waals surface area contributed by atoms with Crippen LogP contribution >= 0.6 is 0 Å². The van der Waals surface area contributed by atoms with E-state index in [4.69, 9.17) is 0 Å². The van der Waals surface area contributed by atoms with E-state index in [-0.39, 0.29) is 5.75 Å². The Kier molecular flexibility index (Phi) is 1.94. The number of hydrogen-bond donors (Lipinski definition) is 1. The van der Waals surface area contributed by atoms with Crippen molar-refractivity contribution in [3.8, 4) is 5.75 Å². The fraction of sp³-hybridized carbons (Fsp3) is 0.222. The maximum Gasteiger partial charge on any atom is 0.150 e.